The van der Waals surface area contributed by atoms with Crippen LogP contribution in [0.4, 0.5) is 0 Å². The zero-order valence-corrected chi connectivity index (χ0v) is 8.77. The molecule has 0 heterocycles. The number of ether oxygens (including phenoxy) is 2. The molecule has 0 saturated carbocycles. The van der Waals surface area contributed by atoms with Crippen LogP contribution in [0.15, 0.2) is 12.1 Å². The number of phenols is 1. The number of rotatable bonds is 2. The van der Waals surface area contributed by atoms with Crippen LogP contribution in [0, 0.1) is 11.8 Å². The van der Waals surface area contributed by atoms with E-state index in [0.29, 0.717) is 5.56 Å². The van der Waals surface area contributed by atoms with Gasteiger partial charge in [0, 0.05) is 11.5 Å². The smallest absolute Gasteiger partial charge is 0.382 e. The standard InChI is InChI=1S/C11H10O5/c1-15-8-5-7(3-4-10(12)13)6-9(16-2)11(8)14/h5-6,14H,1-2H3,(H,12,13). The molecule has 0 aromatic heterocycles. The van der Waals surface area contributed by atoms with Gasteiger partial charge in [-0.1, -0.05) is 5.92 Å². The molecular formula is C11H10O5. The lowest BCUT2D eigenvalue weighted by Crippen LogP contribution is -1.91. The number of carboxylic acid groups (broad SMARTS) is 1. The van der Waals surface area contributed by atoms with E-state index in [-0.39, 0.29) is 17.2 Å². The lowest BCUT2D eigenvalue weighted by Gasteiger charge is -2.08. The molecule has 0 radical (unpaired) electrons. The highest BCUT2D eigenvalue weighted by Gasteiger charge is 2.09. The van der Waals surface area contributed by atoms with Crippen LogP contribution < -0.4 is 9.47 Å². The van der Waals surface area contributed by atoms with E-state index in [9.17, 15) is 9.90 Å². The van der Waals surface area contributed by atoms with E-state index in [1.165, 1.54) is 26.4 Å². The van der Waals surface area contributed by atoms with E-state index in [2.05, 4.69) is 5.92 Å². The third-order valence-electron chi connectivity index (χ3n) is 1.79. The van der Waals surface area contributed by atoms with Crippen LogP contribution in [0.3, 0.4) is 0 Å². The Hall–Kier alpha value is -2.35. The third kappa shape index (κ3) is 2.58. The molecule has 5 nitrogen and oxygen atoms in total. The predicted molar refractivity (Wildman–Crippen MR) is 55.7 cm³/mol. The first-order valence-electron chi connectivity index (χ1n) is 4.28. The van der Waals surface area contributed by atoms with Crippen molar-refractivity contribution in [2.24, 2.45) is 0 Å². The molecule has 0 aliphatic heterocycles. The van der Waals surface area contributed by atoms with E-state index in [1.54, 1.807) is 0 Å². The summed E-state index contributed by atoms with van der Waals surface area (Å²) in [5.41, 5.74) is 0.383. The van der Waals surface area contributed by atoms with Crippen molar-refractivity contribution in [3.8, 4) is 29.1 Å². The Bertz CT molecular complexity index is 442. The van der Waals surface area contributed by atoms with Crippen molar-refractivity contribution in [3.05, 3.63) is 17.7 Å². The summed E-state index contributed by atoms with van der Waals surface area (Å²) in [6.07, 6.45) is 0. The van der Waals surface area contributed by atoms with Gasteiger partial charge in [0.2, 0.25) is 5.75 Å². The lowest BCUT2D eigenvalue weighted by atomic mass is 10.2. The molecule has 0 aliphatic rings. The molecule has 1 rings (SSSR count). The van der Waals surface area contributed by atoms with Gasteiger partial charge in [0.05, 0.1) is 14.2 Å². The van der Waals surface area contributed by atoms with Crippen LogP contribution in [0.1, 0.15) is 5.56 Å². The van der Waals surface area contributed by atoms with Crippen LogP contribution in [-0.2, 0) is 4.79 Å². The van der Waals surface area contributed by atoms with Crippen LogP contribution in [0.2, 0.25) is 0 Å². The first kappa shape index (κ1) is 11.7. The van der Waals surface area contributed by atoms with E-state index >= 15 is 0 Å². The van der Waals surface area contributed by atoms with Gasteiger partial charge in [0.15, 0.2) is 11.5 Å². The summed E-state index contributed by atoms with van der Waals surface area (Å²) in [7, 11) is 2.76. The minimum Gasteiger partial charge on any atom is -0.502 e. The third-order valence-corrected chi connectivity index (χ3v) is 1.79. The maximum absolute atomic E-state index is 10.3. The van der Waals surface area contributed by atoms with Crippen molar-refractivity contribution < 1.29 is 24.5 Å². The Labute approximate surface area is 92.2 Å². The molecule has 0 aliphatic carbocycles. The highest BCUT2D eigenvalue weighted by atomic mass is 16.5. The second-order valence-electron chi connectivity index (χ2n) is 2.78. The fraction of sp³-hybridized carbons (Fsp3) is 0.182. The minimum absolute atomic E-state index is 0.147. The molecule has 0 unspecified atom stereocenters. The monoisotopic (exact) mass is 222 g/mol. The van der Waals surface area contributed by atoms with Crippen LogP contribution >= 0.6 is 0 Å². The molecule has 0 amide bonds. The average Bonchev–Trinajstić information content (AvgIpc) is 2.27. The summed E-state index contributed by atoms with van der Waals surface area (Å²) in [5, 5.41) is 18.0. The number of hydrogen-bond acceptors (Lipinski definition) is 4. The van der Waals surface area contributed by atoms with Crippen molar-refractivity contribution in [1.29, 1.82) is 0 Å². The molecule has 5 heteroatoms. The molecule has 1 aromatic carbocycles. The molecule has 0 atom stereocenters. The number of hydrogen-bond donors (Lipinski definition) is 2. The number of carbonyl (C=O) groups is 1. The fourth-order valence-electron chi connectivity index (χ4n) is 1.09. The van der Waals surface area contributed by atoms with Gasteiger partial charge in [-0.3, -0.25) is 0 Å². The zero-order chi connectivity index (χ0) is 12.1. The highest BCUT2D eigenvalue weighted by molar-refractivity contribution is 5.87. The number of aromatic hydroxyl groups is 1. The highest BCUT2D eigenvalue weighted by Crippen LogP contribution is 2.36. The van der Waals surface area contributed by atoms with Gasteiger partial charge < -0.3 is 19.7 Å². The van der Waals surface area contributed by atoms with E-state index < -0.39 is 5.97 Å². The van der Waals surface area contributed by atoms with E-state index in [4.69, 9.17) is 14.6 Å². The number of phenolic OH excluding ortho intramolecular Hbond substituents is 1. The Morgan fingerprint density at radius 3 is 2.12 bits per heavy atom. The molecule has 1 aromatic rings. The van der Waals surface area contributed by atoms with E-state index in [0.717, 1.165) is 0 Å². The summed E-state index contributed by atoms with van der Waals surface area (Å²) in [6, 6.07) is 2.85. The number of methoxy groups -OCH3 is 2. The first-order valence-corrected chi connectivity index (χ1v) is 4.28. The summed E-state index contributed by atoms with van der Waals surface area (Å²) in [6.45, 7) is 0. The second-order valence-corrected chi connectivity index (χ2v) is 2.78. The number of aliphatic carboxylic acids is 1. The molecule has 16 heavy (non-hydrogen) atoms. The Kier molecular flexibility index (Phi) is 3.62. The second kappa shape index (κ2) is 4.94. The fourth-order valence-corrected chi connectivity index (χ4v) is 1.09. The first-order chi connectivity index (χ1) is 7.58. The summed E-state index contributed by atoms with van der Waals surface area (Å²) in [4.78, 5) is 10.3. The van der Waals surface area contributed by atoms with Gasteiger partial charge in [-0.15, -0.1) is 0 Å². The summed E-state index contributed by atoms with van der Waals surface area (Å²) >= 11 is 0. The Morgan fingerprint density at radius 1 is 1.25 bits per heavy atom. The Balaban J connectivity index is 3.23. The van der Waals surface area contributed by atoms with Crippen LogP contribution in [0.5, 0.6) is 17.2 Å². The van der Waals surface area contributed by atoms with Gasteiger partial charge in [0.25, 0.3) is 0 Å². The van der Waals surface area contributed by atoms with E-state index in [1.807, 2.05) is 5.92 Å². The molecular weight excluding hydrogens is 212 g/mol. The lowest BCUT2D eigenvalue weighted by molar-refractivity contribution is -0.130. The maximum atomic E-state index is 10.3. The zero-order valence-electron chi connectivity index (χ0n) is 8.77. The maximum Gasteiger partial charge on any atom is 0.382 e. The number of carboxylic acids is 1. The van der Waals surface area contributed by atoms with Gasteiger partial charge in [-0.25, -0.2) is 4.79 Å². The topological polar surface area (TPSA) is 76.0 Å². The summed E-state index contributed by atoms with van der Waals surface area (Å²) in [5.74, 6) is 3.33. The van der Waals surface area contributed by atoms with Crippen molar-refractivity contribution in [2.75, 3.05) is 14.2 Å². The molecule has 2 N–H and O–H groups in total. The van der Waals surface area contributed by atoms with Crippen molar-refractivity contribution in [3.63, 3.8) is 0 Å². The largest absolute Gasteiger partial charge is 0.502 e. The van der Waals surface area contributed by atoms with Gasteiger partial charge in [-0.2, -0.15) is 0 Å². The SMILES string of the molecule is COc1cc(C#CC(=O)O)cc(OC)c1O. The van der Waals surface area contributed by atoms with Crippen molar-refractivity contribution in [2.45, 2.75) is 0 Å². The number of benzene rings is 1. The molecule has 0 fully saturated rings. The average molecular weight is 222 g/mol. The Morgan fingerprint density at radius 2 is 1.75 bits per heavy atom. The van der Waals surface area contributed by atoms with Gasteiger partial charge in [0.1, 0.15) is 0 Å². The quantitative estimate of drug-likeness (QED) is 0.725. The van der Waals surface area contributed by atoms with Crippen molar-refractivity contribution >= 4 is 5.97 Å². The summed E-state index contributed by atoms with van der Waals surface area (Å²) < 4.78 is 9.78. The van der Waals surface area contributed by atoms with Crippen LogP contribution in [0.25, 0.3) is 0 Å². The predicted octanol–water partition coefficient (Wildman–Crippen LogP) is 0.845. The molecule has 0 bridgehead atoms. The van der Waals surface area contributed by atoms with Gasteiger partial charge in [-0.05, 0) is 12.1 Å². The molecule has 84 valence electrons. The minimum atomic E-state index is -1.23. The molecule has 0 saturated heterocycles. The van der Waals surface area contributed by atoms with Crippen molar-refractivity contribution in [1.82, 2.24) is 0 Å². The van der Waals surface area contributed by atoms with Gasteiger partial charge >= 0.3 is 5.97 Å². The van der Waals surface area contributed by atoms with Crippen LogP contribution in [-0.4, -0.2) is 30.4 Å². The molecule has 0 spiro atoms. The normalized spacial score (nSPS) is 8.88.